The number of benzene rings is 3. The molecule has 1 saturated heterocycles. The molecule has 3 amide bonds. The van der Waals surface area contributed by atoms with E-state index in [9.17, 15) is 29.4 Å². The standard InChI is InChI=1S/C36H35N7O6/c1-19(2)24-16-25(31(45)17-30(24)44)33-39-40-36(49)43(33)22-8-10-28-21(15-22)11-13-41(28)14-12-32(46)38-27-6-4-5-23-26(27)18-42(35(23)48)29-9-7-20(3)37-34(29)47/h4-6,8,10-11,13,15-17,19,29,44-45H,3,7,9,12,14,18H2,1-2H3,(H,37,47)(H,38,46)(H,40,49). The van der Waals surface area contributed by atoms with Gasteiger partial charge in [-0.2, -0.15) is 5.10 Å². The number of carbonyl (C=O) groups excluding carboxylic acids is 3. The number of rotatable bonds is 8. The molecule has 5 N–H and O–H groups in total. The first-order valence-electron chi connectivity index (χ1n) is 16.0. The number of aromatic hydroxyl groups is 2. The monoisotopic (exact) mass is 661 g/mol. The van der Waals surface area contributed by atoms with Crippen molar-refractivity contribution in [3.8, 4) is 28.6 Å². The number of nitrogens with zero attached hydrogens (tertiary/aromatic N) is 4. The van der Waals surface area contributed by atoms with Gasteiger partial charge in [0.2, 0.25) is 11.8 Å². The topological polar surface area (TPSA) is 175 Å². The molecule has 13 heteroatoms. The summed E-state index contributed by atoms with van der Waals surface area (Å²) in [7, 11) is 0. The fraction of sp³-hybridized carbons (Fsp3) is 0.250. The fourth-order valence-electron chi connectivity index (χ4n) is 6.69. The average molecular weight is 662 g/mol. The molecule has 0 radical (unpaired) electrons. The van der Waals surface area contributed by atoms with Gasteiger partial charge in [0.1, 0.15) is 17.5 Å². The van der Waals surface area contributed by atoms with E-state index in [1.165, 1.54) is 10.6 Å². The summed E-state index contributed by atoms with van der Waals surface area (Å²) >= 11 is 0. The van der Waals surface area contributed by atoms with Crippen LogP contribution in [0.25, 0.3) is 28.0 Å². The minimum atomic E-state index is -0.590. The predicted molar refractivity (Wildman–Crippen MR) is 182 cm³/mol. The third-order valence-corrected chi connectivity index (χ3v) is 9.24. The quantitative estimate of drug-likeness (QED) is 0.163. The average Bonchev–Trinajstić information content (AvgIpc) is 3.75. The molecule has 1 unspecified atom stereocenters. The number of aromatic amines is 1. The van der Waals surface area contributed by atoms with E-state index in [4.69, 9.17) is 0 Å². The molecule has 0 aliphatic carbocycles. The van der Waals surface area contributed by atoms with E-state index >= 15 is 0 Å². The summed E-state index contributed by atoms with van der Waals surface area (Å²) in [5.74, 6) is -0.787. The highest BCUT2D eigenvalue weighted by Crippen LogP contribution is 2.38. The van der Waals surface area contributed by atoms with Crippen molar-refractivity contribution in [1.82, 2.24) is 29.5 Å². The van der Waals surface area contributed by atoms with Crippen LogP contribution in [0.5, 0.6) is 11.5 Å². The molecular weight excluding hydrogens is 626 g/mol. The van der Waals surface area contributed by atoms with Gasteiger partial charge in [0.15, 0.2) is 5.82 Å². The number of aryl methyl sites for hydroxylation is 1. The highest BCUT2D eigenvalue weighted by molar-refractivity contribution is 6.04. The van der Waals surface area contributed by atoms with Crippen molar-refractivity contribution in [3.63, 3.8) is 0 Å². The molecule has 0 spiro atoms. The number of piperidine rings is 1. The first-order chi connectivity index (χ1) is 23.5. The zero-order valence-corrected chi connectivity index (χ0v) is 27.0. The van der Waals surface area contributed by atoms with Gasteiger partial charge in [-0.25, -0.2) is 14.5 Å². The Hall–Kier alpha value is -6.11. The lowest BCUT2D eigenvalue weighted by Gasteiger charge is -2.31. The molecule has 7 rings (SSSR count). The van der Waals surface area contributed by atoms with Crippen molar-refractivity contribution in [3.05, 3.63) is 100 Å². The summed E-state index contributed by atoms with van der Waals surface area (Å²) in [6.07, 6.45) is 3.12. The first-order valence-corrected chi connectivity index (χ1v) is 16.0. The third-order valence-electron chi connectivity index (χ3n) is 9.24. The molecule has 49 heavy (non-hydrogen) atoms. The summed E-state index contributed by atoms with van der Waals surface area (Å²) in [6, 6.07) is 14.8. The van der Waals surface area contributed by atoms with E-state index in [-0.39, 0.29) is 53.9 Å². The van der Waals surface area contributed by atoms with Gasteiger partial charge >= 0.3 is 5.69 Å². The highest BCUT2D eigenvalue weighted by atomic mass is 16.3. The number of hydrogen-bond acceptors (Lipinski definition) is 7. The number of allylic oxidation sites excluding steroid dienone is 1. The van der Waals surface area contributed by atoms with Crippen molar-refractivity contribution >= 4 is 34.3 Å². The van der Waals surface area contributed by atoms with Crippen LogP contribution in [-0.4, -0.2) is 58.2 Å². The van der Waals surface area contributed by atoms with Crippen LogP contribution in [0.3, 0.4) is 0 Å². The zero-order chi connectivity index (χ0) is 34.6. The van der Waals surface area contributed by atoms with E-state index in [1.54, 1.807) is 35.2 Å². The number of anilines is 1. The number of fused-ring (bicyclic) bond motifs is 2. The lowest BCUT2D eigenvalue weighted by Crippen LogP contribution is -2.49. The van der Waals surface area contributed by atoms with Crippen molar-refractivity contribution in [2.75, 3.05) is 5.32 Å². The number of H-pyrrole nitrogens is 1. The molecule has 3 aromatic carbocycles. The summed E-state index contributed by atoms with van der Waals surface area (Å²) in [6.45, 7) is 8.24. The molecule has 1 atom stereocenters. The van der Waals surface area contributed by atoms with Gasteiger partial charge in [0.05, 0.1) is 11.3 Å². The number of nitrogens with one attached hydrogen (secondary N) is 3. The van der Waals surface area contributed by atoms with Crippen LogP contribution in [0.1, 0.15) is 60.5 Å². The first kappa shape index (κ1) is 31.5. The van der Waals surface area contributed by atoms with Gasteiger partial charge < -0.3 is 30.3 Å². The van der Waals surface area contributed by atoms with Gasteiger partial charge in [-0.3, -0.25) is 14.4 Å². The fourth-order valence-corrected chi connectivity index (χ4v) is 6.69. The predicted octanol–water partition coefficient (Wildman–Crippen LogP) is 4.49. The molecule has 4 heterocycles. The summed E-state index contributed by atoms with van der Waals surface area (Å²) in [5, 5.41) is 34.1. The Morgan fingerprint density at radius 2 is 1.88 bits per heavy atom. The van der Waals surface area contributed by atoms with Gasteiger partial charge in [0.25, 0.3) is 5.91 Å². The van der Waals surface area contributed by atoms with Crippen molar-refractivity contribution in [2.45, 2.75) is 58.2 Å². The lowest BCUT2D eigenvalue weighted by atomic mass is 9.98. The maximum absolute atomic E-state index is 13.2. The molecule has 250 valence electrons. The summed E-state index contributed by atoms with van der Waals surface area (Å²) < 4.78 is 3.30. The Morgan fingerprint density at radius 1 is 1.06 bits per heavy atom. The number of amides is 3. The Balaban J connectivity index is 1.07. The Kier molecular flexibility index (Phi) is 7.81. The molecule has 2 aromatic heterocycles. The van der Waals surface area contributed by atoms with Crippen LogP contribution in [0.2, 0.25) is 0 Å². The van der Waals surface area contributed by atoms with Gasteiger partial charge in [-0.1, -0.05) is 26.5 Å². The largest absolute Gasteiger partial charge is 0.508 e. The Labute approximate surface area is 280 Å². The molecule has 5 aromatic rings. The van der Waals surface area contributed by atoms with E-state index in [1.807, 2.05) is 42.8 Å². The normalized spacial score (nSPS) is 16.0. The lowest BCUT2D eigenvalue weighted by molar-refractivity contribution is -0.126. The SMILES string of the molecule is C=C1CCC(N2Cc3c(NC(=O)CCn4ccc5cc(-n6c(-c7cc(C(C)C)c(O)cc7O)n[nH]c6=O)ccc54)cccc3C2=O)C(=O)N1. The molecule has 0 saturated carbocycles. The molecule has 13 nitrogen and oxygen atoms in total. The number of hydrogen-bond donors (Lipinski definition) is 5. The van der Waals surface area contributed by atoms with Crippen molar-refractivity contribution in [1.29, 1.82) is 0 Å². The van der Waals surface area contributed by atoms with Crippen molar-refractivity contribution < 1.29 is 24.6 Å². The number of phenolic OH excluding ortho intramolecular Hbond substituents is 2. The smallest absolute Gasteiger partial charge is 0.348 e. The second kappa shape index (κ2) is 12.2. The Morgan fingerprint density at radius 3 is 2.65 bits per heavy atom. The number of carbonyl (C=O) groups is 3. The summed E-state index contributed by atoms with van der Waals surface area (Å²) in [5.41, 5.74) is 4.14. The molecule has 2 aliphatic heterocycles. The van der Waals surface area contributed by atoms with E-state index in [0.29, 0.717) is 58.7 Å². The van der Waals surface area contributed by atoms with Crippen LogP contribution in [0.4, 0.5) is 5.69 Å². The third kappa shape index (κ3) is 5.62. The van der Waals surface area contributed by atoms with Crippen LogP contribution in [0.15, 0.2) is 77.9 Å². The van der Waals surface area contributed by atoms with E-state index in [2.05, 4.69) is 27.4 Å². The van der Waals surface area contributed by atoms with Crippen LogP contribution in [0, 0.1) is 0 Å². The Bertz CT molecular complexity index is 2240. The van der Waals surface area contributed by atoms with E-state index < -0.39 is 11.7 Å². The van der Waals surface area contributed by atoms with Crippen LogP contribution in [-0.2, 0) is 22.7 Å². The van der Waals surface area contributed by atoms with E-state index in [0.717, 1.165) is 10.9 Å². The summed E-state index contributed by atoms with van der Waals surface area (Å²) in [4.78, 5) is 53.4. The van der Waals surface area contributed by atoms with Gasteiger partial charge in [-0.05, 0) is 66.8 Å². The maximum atomic E-state index is 13.2. The molecule has 1 fully saturated rings. The second-order valence-electron chi connectivity index (χ2n) is 12.7. The number of aromatic nitrogens is 4. The van der Waals surface area contributed by atoms with Crippen molar-refractivity contribution in [2.24, 2.45) is 0 Å². The van der Waals surface area contributed by atoms with Crippen LogP contribution >= 0.6 is 0 Å². The molecule has 2 aliphatic rings. The van der Waals surface area contributed by atoms with Gasteiger partial charge in [-0.15, -0.1) is 0 Å². The molecule has 0 bridgehead atoms. The van der Waals surface area contributed by atoms with Crippen LogP contribution < -0.4 is 16.3 Å². The minimum Gasteiger partial charge on any atom is -0.508 e. The molecular formula is C36H35N7O6. The minimum absolute atomic E-state index is 0.0304. The highest BCUT2D eigenvalue weighted by Gasteiger charge is 2.39. The maximum Gasteiger partial charge on any atom is 0.348 e. The van der Waals surface area contributed by atoms with Gasteiger partial charge in [0, 0.05) is 65.2 Å². The number of phenols is 2. The second-order valence-corrected chi connectivity index (χ2v) is 12.7. The zero-order valence-electron chi connectivity index (χ0n) is 27.0.